The van der Waals surface area contributed by atoms with Crippen LogP contribution in [0.5, 0.6) is 0 Å². The second-order valence-corrected chi connectivity index (χ2v) is 5.70. The van der Waals surface area contributed by atoms with Gasteiger partial charge in [-0.2, -0.15) is 0 Å². The van der Waals surface area contributed by atoms with Crippen molar-refractivity contribution in [3.05, 3.63) is 0 Å². The van der Waals surface area contributed by atoms with Gasteiger partial charge in [-0.15, -0.1) is 0 Å². The molecule has 1 amide bonds. The average Bonchev–Trinajstić information content (AvgIpc) is 2.43. The molecular weight excluding hydrogens is 224 g/mol. The summed E-state index contributed by atoms with van der Waals surface area (Å²) in [5.41, 5.74) is 5.15. The van der Waals surface area contributed by atoms with Gasteiger partial charge in [0.05, 0.1) is 11.0 Å². The van der Waals surface area contributed by atoms with Crippen LogP contribution in [-0.2, 0) is 4.74 Å². The first-order chi connectivity index (χ1) is 7.22. The fourth-order valence-electron chi connectivity index (χ4n) is 1.89. The molecule has 0 radical (unpaired) electrons. The van der Waals surface area contributed by atoms with E-state index >= 15 is 0 Å². The van der Waals surface area contributed by atoms with Crippen LogP contribution in [0.25, 0.3) is 0 Å². The molecule has 1 fully saturated rings. The summed E-state index contributed by atoms with van der Waals surface area (Å²) in [4.78, 5) is 14.0. The minimum absolute atomic E-state index is 0.140. The molecule has 2 N–H and O–H groups in total. The topological polar surface area (TPSA) is 55.6 Å². The van der Waals surface area contributed by atoms with Crippen molar-refractivity contribution >= 4 is 23.3 Å². The zero-order valence-corrected chi connectivity index (χ0v) is 11.1. The summed E-state index contributed by atoms with van der Waals surface area (Å²) in [5, 5.41) is 0. The Balaban J connectivity index is 2.76. The highest BCUT2D eigenvalue weighted by atomic mass is 32.1. The van der Waals surface area contributed by atoms with E-state index < -0.39 is 5.60 Å². The van der Waals surface area contributed by atoms with Crippen molar-refractivity contribution in [2.24, 2.45) is 5.73 Å². The monoisotopic (exact) mass is 244 g/mol. The number of amides is 1. The number of nitrogens with two attached hydrogens (primary N) is 1. The standard InChI is InChI=1S/C11H20N2O2S/c1-7-5-6-8(9(12)16)13(7)10(14)15-11(2,3)4/h7-8H,5-6H2,1-4H3,(H2,12,16)/t7-,8-/m0/s1. The average molecular weight is 244 g/mol. The molecule has 5 heteroatoms. The van der Waals surface area contributed by atoms with Crippen molar-refractivity contribution in [1.82, 2.24) is 4.90 Å². The molecule has 0 spiro atoms. The molecule has 0 aromatic rings. The highest BCUT2D eigenvalue weighted by molar-refractivity contribution is 7.80. The highest BCUT2D eigenvalue weighted by Gasteiger charge is 2.38. The Labute approximate surface area is 102 Å². The quantitative estimate of drug-likeness (QED) is 0.717. The minimum atomic E-state index is -0.486. The molecule has 1 aliphatic rings. The number of rotatable bonds is 1. The van der Waals surface area contributed by atoms with Crippen LogP contribution in [0.1, 0.15) is 40.5 Å². The Bertz CT molecular complexity index is 299. The summed E-state index contributed by atoms with van der Waals surface area (Å²) in [6, 6.07) is -0.0128. The van der Waals surface area contributed by atoms with Crippen LogP contribution in [0.2, 0.25) is 0 Å². The summed E-state index contributed by atoms with van der Waals surface area (Å²) in [6.07, 6.45) is 1.42. The van der Waals surface area contributed by atoms with Crippen LogP contribution in [0, 0.1) is 0 Å². The van der Waals surface area contributed by atoms with Gasteiger partial charge in [0.25, 0.3) is 0 Å². The fourth-order valence-corrected chi connectivity index (χ4v) is 2.12. The molecule has 0 saturated carbocycles. The lowest BCUT2D eigenvalue weighted by molar-refractivity contribution is 0.0206. The Kier molecular flexibility index (Phi) is 3.78. The van der Waals surface area contributed by atoms with Gasteiger partial charge in [-0.1, -0.05) is 12.2 Å². The number of likely N-dealkylation sites (tertiary alicyclic amines) is 1. The number of thiocarbonyl (C=S) groups is 1. The maximum Gasteiger partial charge on any atom is 0.411 e. The largest absolute Gasteiger partial charge is 0.444 e. The summed E-state index contributed by atoms with van der Waals surface area (Å²) in [5.74, 6) is 0. The normalized spacial score (nSPS) is 25.6. The maximum absolute atomic E-state index is 12.0. The van der Waals surface area contributed by atoms with Crippen LogP contribution in [0.3, 0.4) is 0 Å². The SMILES string of the molecule is C[C@H]1CC[C@@H](C(N)=S)N1C(=O)OC(C)(C)C. The number of hydrogen-bond acceptors (Lipinski definition) is 3. The molecule has 92 valence electrons. The molecule has 16 heavy (non-hydrogen) atoms. The lowest BCUT2D eigenvalue weighted by Gasteiger charge is -2.30. The van der Waals surface area contributed by atoms with Crippen molar-refractivity contribution in [3.63, 3.8) is 0 Å². The highest BCUT2D eigenvalue weighted by Crippen LogP contribution is 2.26. The van der Waals surface area contributed by atoms with E-state index in [-0.39, 0.29) is 18.2 Å². The van der Waals surface area contributed by atoms with Gasteiger partial charge in [-0.3, -0.25) is 4.90 Å². The molecule has 1 rings (SSSR count). The molecule has 0 bridgehead atoms. The molecule has 0 aromatic heterocycles. The zero-order chi connectivity index (χ0) is 12.5. The number of carbonyl (C=O) groups is 1. The number of hydrogen-bond donors (Lipinski definition) is 1. The van der Waals surface area contributed by atoms with Gasteiger partial charge in [0.2, 0.25) is 0 Å². The van der Waals surface area contributed by atoms with E-state index in [1.54, 1.807) is 4.90 Å². The van der Waals surface area contributed by atoms with E-state index in [1.807, 2.05) is 27.7 Å². The third kappa shape index (κ3) is 3.07. The zero-order valence-electron chi connectivity index (χ0n) is 10.3. The first-order valence-corrected chi connectivity index (χ1v) is 5.94. The van der Waals surface area contributed by atoms with Gasteiger partial charge in [0.1, 0.15) is 5.60 Å². The molecule has 1 aliphatic heterocycles. The van der Waals surface area contributed by atoms with Crippen LogP contribution in [-0.4, -0.2) is 33.7 Å². The van der Waals surface area contributed by atoms with Gasteiger partial charge in [-0.25, -0.2) is 4.79 Å². The lowest BCUT2D eigenvalue weighted by Crippen LogP contribution is -2.47. The first-order valence-electron chi connectivity index (χ1n) is 5.53. The Morgan fingerprint density at radius 3 is 2.44 bits per heavy atom. The van der Waals surface area contributed by atoms with E-state index in [4.69, 9.17) is 22.7 Å². The van der Waals surface area contributed by atoms with E-state index in [9.17, 15) is 4.79 Å². The number of ether oxygens (including phenoxy) is 1. The molecule has 1 heterocycles. The van der Waals surface area contributed by atoms with Gasteiger partial charge in [0.15, 0.2) is 0 Å². The lowest BCUT2D eigenvalue weighted by atomic mass is 10.2. The molecule has 0 aliphatic carbocycles. The van der Waals surface area contributed by atoms with Crippen molar-refractivity contribution in [2.45, 2.75) is 58.2 Å². The molecule has 0 aromatic carbocycles. The molecular formula is C11H20N2O2S. The minimum Gasteiger partial charge on any atom is -0.444 e. The third-order valence-corrected chi connectivity index (χ3v) is 2.87. The van der Waals surface area contributed by atoms with Crippen LogP contribution < -0.4 is 5.73 Å². The predicted molar refractivity (Wildman–Crippen MR) is 67.3 cm³/mol. The summed E-state index contributed by atoms with van der Waals surface area (Å²) in [7, 11) is 0. The van der Waals surface area contributed by atoms with E-state index in [0.29, 0.717) is 4.99 Å². The second kappa shape index (κ2) is 4.57. The van der Waals surface area contributed by atoms with Crippen molar-refractivity contribution in [3.8, 4) is 0 Å². The van der Waals surface area contributed by atoms with Crippen LogP contribution >= 0.6 is 12.2 Å². The first kappa shape index (κ1) is 13.2. The van der Waals surface area contributed by atoms with E-state index in [2.05, 4.69) is 0 Å². The van der Waals surface area contributed by atoms with Gasteiger partial charge < -0.3 is 10.5 Å². The second-order valence-electron chi connectivity index (χ2n) is 5.23. The summed E-state index contributed by atoms with van der Waals surface area (Å²) < 4.78 is 5.34. The molecule has 2 atom stereocenters. The Hall–Kier alpha value is -0.840. The Morgan fingerprint density at radius 1 is 1.44 bits per heavy atom. The van der Waals surface area contributed by atoms with Crippen LogP contribution in [0.4, 0.5) is 4.79 Å². The fraction of sp³-hybridized carbons (Fsp3) is 0.818. The predicted octanol–water partition coefficient (Wildman–Crippen LogP) is 2.06. The maximum atomic E-state index is 12.0. The van der Waals surface area contributed by atoms with E-state index in [0.717, 1.165) is 12.8 Å². The Morgan fingerprint density at radius 2 is 2.00 bits per heavy atom. The van der Waals surface area contributed by atoms with Gasteiger partial charge >= 0.3 is 6.09 Å². The number of nitrogens with zero attached hydrogens (tertiary/aromatic N) is 1. The van der Waals surface area contributed by atoms with Crippen molar-refractivity contribution < 1.29 is 9.53 Å². The molecule has 4 nitrogen and oxygen atoms in total. The van der Waals surface area contributed by atoms with Gasteiger partial charge in [0, 0.05) is 6.04 Å². The van der Waals surface area contributed by atoms with E-state index in [1.165, 1.54) is 0 Å². The van der Waals surface area contributed by atoms with Crippen LogP contribution in [0.15, 0.2) is 0 Å². The smallest absolute Gasteiger partial charge is 0.411 e. The third-order valence-electron chi connectivity index (χ3n) is 2.60. The summed E-state index contributed by atoms with van der Waals surface area (Å²) in [6.45, 7) is 7.53. The summed E-state index contributed by atoms with van der Waals surface area (Å²) >= 11 is 4.97. The van der Waals surface area contributed by atoms with Crippen molar-refractivity contribution in [1.29, 1.82) is 0 Å². The van der Waals surface area contributed by atoms with Crippen molar-refractivity contribution in [2.75, 3.05) is 0 Å². The molecule has 0 unspecified atom stereocenters. The van der Waals surface area contributed by atoms with Gasteiger partial charge in [-0.05, 0) is 40.5 Å². The molecule has 1 saturated heterocycles. The number of carbonyl (C=O) groups excluding carboxylic acids is 1.